The summed E-state index contributed by atoms with van der Waals surface area (Å²) < 4.78 is 80.0. The van der Waals surface area contributed by atoms with E-state index >= 15 is 0 Å². The zero-order valence-corrected chi connectivity index (χ0v) is 20.9. The second kappa shape index (κ2) is 10.0. The number of carboxylic acid groups (broad SMARTS) is 1. The lowest BCUT2D eigenvalue weighted by Gasteiger charge is -2.38. The second-order valence-corrected chi connectivity index (χ2v) is 10.3. The van der Waals surface area contributed by atoms with Gasteiger partial charge in [0.05, 0.1) is 16.7 Å². The van der Waals surface area contributed by atoms with Crippen molar-refractivity contribution >= 4 is 35.3 Å². The predicted octanol–water partition coefficient (Wildman–Crippen LogP) is 6.86. The molecule has 0 bridgehead atoms. The zero-order chi connectivity index (χ0) is 28.0. The molecule has 0 aromatic heterocycles. The van der Waals surface area contributed by atoms with Gasteiger partial charge in [-0.25, -0.2) is 9.59 Å². The lowest BCUT2D eigenvalue weighted by atomic mass is 9.86. The summed E-state index contributed by atoms with van der Waals surface area (Å²) in [5, 5.41) is 15.3. The number of hydrogen-bond acceptors (Lipinski definition) is 2. The summed E-state index contributed by atoms with van der Waals surface area (Å²) in [6, 6.07) is 4.50. The molecule has 2 aliphatic rings. The molecule has 2 aromatic carbocycles. The van der Waals surface area contributed by atoms with E-state index in [1.165, 1.54) is 11.0 Å². The largest absolute Gasteiger partial charge is 0.465 e. The van der Waals surface area contributed by atoms with Crippen LogP contribution in [0.3, 0.4) is 0 Å². The van der Waals surface area contributed by atoms with Gasteiger partial charge in [-0.05, 0) is 66.8 Å². The highest BCUT2D eigenvalue weighted by atomic mass is 35.5. The number of halogens is 8. The van der Waals surface area contributed by atoms with Gasteiger partial charge in [0.15, 0.2) is 0 Å². The van der Waals surface area contributed by atoms with Crippen molar-refractivity contribution in [2.24, 2.45) is 0 Å². The first-order valence-electron chi connectivity index (χ1n) is 11.4. The van der Waals surface area contributed by atoms with Gasteiger partial charge in [0, 0.05) is 35.1 Å². The molecule has 1 aliphatic heterocycles. The Morgan fingerprint density at radius 3 is 1.95 bits per heavy atom. The number of likely N-dealkylation sites (tertiary alicyclic amines) is 1. The van der Waals surface area contributed by atoms with E-state index in [2.05, 4.69) is 10.6 Å². The average molecular weight is 584 g/mol. The Morgan fingerprint density at radius 2 is 1.47 bits per heavy atom. The molecule has 14 heteroatoms. The van der Waals surface area contributed by atoms with Crippen LogP contribution in [0.25, 0.3) is 0 Å². The van der Waals surface area contributed by atoms with Crippen LogP contribution in [-0.4, -0.2) is 41.3 Å². The summed E-state index contributed by atoms with van der Waals surface area (Å²) in [6.45, 7) is 0.101. The quantitative estimate of drug-likeness (QED) is 0.344. The molecule has 206 valence electrons. The SMILES string of the molecule is O=C(NC1CCN(C(=O)O)CC1c1cc(Cl)cc(Cl)c1)NC1(c2cc(C(F)(F)F)cc(C(F)(F)F)c2)CC1. The van der Waals surface area contributed by atoms with Crippen molar-refractivity contribution in [1.29, 1.82) is 0 Å². The minimum Gasteiger partial charge on any atom is -0.465 e. The van der Waals surface area contributed by atoms with Gasteiger partial charge in [0.1, 0.15) is 0 Å². The highest BCUT2D eigenvalue weighted by molar-refractivity contribution is 6.34. The molecule has 1 heterocycles. The summed E-state index contributed by atoms with van der Waals surface area (Å²) in [6.07, 6.45) is -10.7. The van der Waals surface area contributed by atoms with E-state index in [9.17, 15) is 41.0 Å². The van der Waals surface area contributed by atoms with E-state index in [-0.39, 0.29) is 44.0 Å². The van der Waals surface area contributed by atoms with E-state index in [0.29, 0.717) is 27.7 Å². The number of carbonyl (C=O) groups excluding carboxylic acids is 1. The number of rotatable bonds is 4. The number of nitrogens with one attached hydrogen (secondary N) is 2. The maximum absolute atomic E-state index is 13.3. The maximum atomic E-state index is 13.3. The van der Waals surface area contributed by atoms with Crippen molar-refractivity contribution in [3.63, 3.8) is 0 Å². The monoisotopic (exact) mass is 583 g/mol. The average Bonchev–Trinajstić information content (AvgIpc) is 3.57. The Hall–Kier alpha value is -2.86. The molecule has 0 spiro atoms. The van der Waals surface area contributed by atoms with E-state index < -0.39 is 53.1 Å². The smallest absolute Gasteiger partial charge is 0.416 e. The van der Waals surface area contributed by atoms with Gasteiger partial charge in [0.25, 0.3) is 0 Å². The third-order valence-electron chi connectivity index (χ3n) is 6.76. The van der Waals surface area contributed by atoms with Crippen molar-refractivity contribution in [2.45, 2.75) is 49.1 Å². The van der Waals surface area contributed by atoms with Gasteiger partial charge in [-0.2, -0.15) is 26.3 Å². The molecule has 0 radical (unpaired) electrons. The minimum absolute atomic E-state index is 0.00463. The molecule has 1 saturated carbocycles. The Bertz CT molecular complexity index is 1200. The van der Waals surface area contributed by atoms with Crippen molar-refractivity contribution in [3.05, 3.63) is 68.7 Å². The fourth-order valence-corrected chi connectivity index (χ4v) is 5.23. The van der Waals surface area contributed by atoms with Crippen molar-refractivity contribution < 1.29 is 41.0 Å². The minimum atomic E-state index is -5.02. The van der Waals surface area contributed by atoms with Crippen LogP contribution in [0.2, 0.25) is 10.0 Å². The second-order valence-electron chi connectivity index (χ2n) is 9.41. The predicted molar refractivity (Wildman–Crippen MR) is 126 cm³/mol. The maximum Gasteiger partial charge on any atom is 0.416 e. The highest BCUT2D eigenvalue weighted by Gasteiger charge is 2.49. The van der Waals surface area contributed by atoms with Crippen LogP contribution in [0.15, 0.2) is 36.4 Å². The summed E-state index contributed by atoms with van der Waals surface area (Å²) in [7, 11) is 0. The van der Waals surface area contributed by atoms with Crippen LogP contribution in [0, 0.1) is 0 Å². The van der Waals surface area contributed by atoms with E-state index in [0.717, 1.165) is 0 Å². The van der Waals surface area contributed by atoms with Crippen LogP contribution in [0.4, 0.5) is 35.9 Å². The van der Waals surface area contributed by atoms with Gasteiger partial charge in [-0.3, -0.25) is 0 Å². The normalized spacial score (nSPS) is 21.1. The molecular formula is C24H21Cl2F6N3O3. The first-order valence-corrected chi connectivity index (χ1v) is 12.2. The van der Waals surface area contributed by atoms with Crippen LogP contribution in [-0.2, 0) is 17.9 Å². The number of piperidine rings is 1. The summed E-state index contributed by atoms with van der Waals surface area (Å²) in [5.41, 5.74) is -4.06. The first-order chi connectivity index (χ1) is 17.6. The van der Waals surface area contributed by atoms with Crippen LogP contribution < -0.4 is 10.6 Å². The summed E-state index contributed by atoms with van der Waals surface area (Å²) >= 11 is 12.2. The number of nitrogens with zero attached hydrogens (tertiary/aromatic N) is 1. The van der Waals surface area contributed by atoms with E-state index in [1.54, 1.807) is 12.1 Å². The standard InChI is InChI=1S/C24H21Cl2F6N3O3/c25-16-5-12(6-17(26)10-16)18-11-35(21(37)38)4-1-19(18)33-20(36)34-22(2-3-22)13-7-14(23(27,28)29)9-15(8-13)24(30,31)32/h5-10,18-19H,1-4,11H2,(H,37,38)(H2,33,34,36). The number of hydrogen-bond donors (Lipinski definition) is 3. The van der Waals surface area contributed by atoms with Crippen molar-refractivity contribution in [2.75, 3.05) is 13.1 Å². The van der Waals surface area contributed by atoms with E-state index in [1.807, 2.05) is 0 Å². The molecule has 2 fully saturated rings. The molecule has 4 rings (SSSR count). The molecule has 2 atom stereocenters. The molecular weight excluding hydrogens is 563 g/mol. The number of urea groups is 1. The van der Waals surface area contributed by atoms with Crippen LogP contribution in [0.1, 0.15) is 47.4 Å². The van der Waals surface area contributed by atoms with Gasteiger partial charge in [-0.1, -0.05) is 23.2 Å². The third kappa shape index (κ3) is 6.23. The molecule has 2 unspecified atom stereocenters. The van der Waals surface area contributed by atoms with E-state index in [4.69, 9.17) is 23.2 Å². The van der Waals surface area contributed by atoms with Gasteiger partial charge in [-0.15, -0.1) is 0 Å². The Labute approximate surface area is 222 Å². The van der Waals surface area contributed by atoms with Crippen LogP contribution >= 0.6 is 23.2 Å². The summed E-state index contributed by atoms with van der Waals surface area (Å²) in [5.74, 6) is -0.567. The van der Waals surface area contributed by atoms with Crippen LogP contribution in [0.5, 0.6) is 0 Å². The van der Waals surface area contributed by atoms with Crippen molar-refractivity contribution in [3.8, 4) is 0 Å². The fourth-order valence-electron chi connectivity index (χ4n) is 4.69. The van der Waals surface area contributed by atoms with Crippen molar-refractivity contribution in [1.82, 2.24) is 15.5 Å². The number of benzene rings is 2. The molecule has 3 N–H and O–H groups in total. The lowest BCUT2D eigenvalue weighted by molar-refractivity contribution is -0.143. The molecule has 38 heavy (non-hydrogen) atoms. The molecule has 6 nitrogen and oxygen atoms in total. The molecule has 2 aromatic rings. The van der Waals surface area contributed by atoms with Gasteiger partial charge < -0.3 is 20.6 Å². The number of alkyl halides is 6. The Balaban J connectivity index is 1.57. The number of carbonyl (C=O) groups is 2. The van der Waals surface area contributed by atoms with Gasteiger partial charge >= 0.3 is 24.5 Å². The Morgan fingerprint density at radius 1 is 0.921 bits per heavy atom. The highest BCUT2D eigenvalue weighted by Crippen LogP contribution is 2.48. The first kappa shape index (κ1) is 28.2. The Kier molecular flexibility index (Phi) is 7.43. The molecule has 1 saturated heterocycles. The molecule has 3 amide bonds. The topological polar surface area (TPSA) is 81.7 Å². The summed E-state index contributed by atoms with van der Waals surface area (Å²) in [4.78, 5) is 25.7. The number of amides is 3. The van der Waals surface area contributed by atoms with Gasteiger partial charge in [0.2, 0.25) is 0 Å². The molecule has 1 aliphatic carbocycles. The lowest BCUT2D eigenvalue weighted by Crippen LogP contribution is -2.54. The zero-order valence-electron chi connectivity index (χ0n) is 19.4. The fraction of sp³-hybridized carbons (Fsp3) is 0.417. The third-order valence-corrected chi connectivity index (χ3v) is 7.19.